The van der Waals surface area contributed by atoms with Crippen LogP contribution in [-0.2, 0) is 0 Å². The minimum absolute atomic E-state index is 0.130. The highest BCUT2D eigenvalue weighted by atomic mass is 16.5. The fourth-order valence-corrected chi connectivity index (χ4v) is 3.52. The number of hydrogen-bond acceptors (Lipinski definition) is 6. The second-order valence-electron chi connectivity index (χ2n) is 7.50. The molecule has 158 valence electrons. The number of para-hydroxylation sites is 2. The zero-order valence-corrected chi connectivity index (χ0v) is 17.4. The molecular weight excluding hydrogens is 386 g/mol. The molecule has 4 N–H and O–H groups in total. The molecule has 1 aromatic heterocycles. The molecule has 0 spiro atoms. The lowest BCUT2D eigenvalue weighted by Crippen LogP contribution is -2.27. The van der Waals surface area contributed by atoms with Gasteiger partial charge in [0.05, 0.1) is 29.9 Å². The van der Waals surface area contributed by atoms with E-state index in [1.54, 1.807) is 12.4 Å². The Morgan fingerprint density at radius 3 is 2.58 bits per heavy atom. The van der Waals surface area contributed by atoms with E-state index < -0.39 is 0 Å². The largest absolute Gasteiger partial charge is 0.487 e. The summed E-state index contributed by atoms with van der Waals surface area (Å²) in [6.07, 6.45) is 4.56. The first-order valence-corrected chi connectivity index (χ1v) is 10.3. The van der Waals surface area contributed by atoms with E-state index in [1.165, 1.54) is 0 Å². The topological polar surface area (TPSA) is 75.4 Å². The molecule has 3 aromatic rings. The Kier molecular flexibility index (Phi) is 6.08. The third-order valence-corrected chi connectivity index (χ3v) is 5.23. The van der Waals surface area contributed by atoms with E-state index in [0.29, 0.717) is 5.69 Å². The van der Waals surface area contributed by atoms with Crippen LogP contribution in [0.5, 0.6) is 5.75 Å². The van der Waals surface area contributed by atoms with Crippen molar-refractivity contribution >= 4 is 22.8 Å². The molecule has 1 atom stereocenters. The standard InChI is InChI=1S/C25H27N5O/c1-18(28-25-8-4-3-7-24(25)26)20-9-11-21(12-10-20)29-19(2)30-15-13-23(17-30)31-22-6-5-14-27-16-22/h3-12,14,16,23,28-29H,1-2,13,15,17,26H2. The molecule has 6 heteroatoms. The molecule has 4 rings (SSSR count). The number of aromatic nitrogens is 1. The Labute approximate surface area is 183 Å². The molecule has 2 aromatic carbocycles. The average Bonchev–Trinajstić information content (AvgIpc) is 3.25. The van der Waals surface area contributed by atoms with Gasteiger partial charge in [-0.1, -0.05) is 37.4 Å². The van der Waals surface area contributed by atoms with Gasteiger partial charge in [0.2, 0.25) is 0 Å². The van der Waals surface area contributed by atoms with Gasteiger partial charge >= 0.3 is 0 Å². The first-order valence-electron chi connectivity index (χ1n) is 10.3. The second kappa shape index (κ2) is 9.26. The number of hydrogen-bond donors (Lipinski definition) is 3. The number of anilines is 3. The molecule has 0 saturated carbocycles. The molecule has 1 saturated heterocycles. The summed E-state index contributed by atoms with van der Waals surface area (Å²) in [5.74, 6) is 1.66. The average molecular weight is 414 g/mol. The van der Waals surface area contributed by atoms with Gasteiger partial charge in [0, 0.05) is 30.5 Å². The lowest BCUT2D eigenvalue weighted by molar-refractivity contribution is 0.209. The number of nitrogen functional groups attached to an aromatic ring is 1. The van der Waals surface area contributed by atoms with Crippen molar-refractivity contribution in [2.75, 3.05) is 29.5 Å². The lowest BCUT2D eigenvalue weighted by Gasteiger charge is -2.22. The van der Waals surface area contributed by atoms with Crippen molar-refractivity contribution < 1.29 is 4.74 Å². The van der Waals surface area contributed by atoms with Crippen molar-refractivity contribution in [3.8, 4) is 5.75 Å². The van der Waals surface area contributed by atoms with Crippen LogP contribution < -0.4 is 21.1 Å². The zero-order chi connectivity index (χ0) is 21.6. The van der Waals surface area contributed by atoms with Crippen LogP contribution in [0.4, 0.5) is 17.1 Å². The first-order chi connectivity index (χ1) is 15.1. The maximum absolute atomic E-state index is 6.01. The molecule has 1 fully saturated rings. The fraction of sp³-hybridized carbons (Fsp3) is 0.160. The summed E-state index contributed by atoms with van der Waals surface area (Å²) in [6.45, 7) is 10.0. The Balaban J connectivity index is 1.30. The van der Waals surface area contributed by atoms with E-state index in [9.17, 15) is 0 Å². The van der Waals surface area contributed by atoms with Gasteiger partial charge in [0.1, 0.15) is 11.9 Å². The smallest absolute Gasteiger partial charge is 0.138 e. The summed E-state index contributed by atoms with van der Waals surface area (Å²) in [4.78, 5) is 6.30. The van der Waals surface area contributed by atoms with Crippen molar-refractivity contribution in [3.05, 3.63) is 97.6 Å². The Morgan fingerprint density at radius 2 is 1.84 bits per heavy atom. The molecule has 0 bridgehead atoms. The second-order valence-corrected chi connectivity index (χ2v) is 7.50. The van der Waals surface area contributed by atoms with E-state index >= 15 is 0 Å². The number of nitrogens with one attached hydrogen (secondary N) is 2. The third-order valence-electron chi connectivity index (χ3n) is 5.23. The molecule has 1 aliphatic rings. The number of likely N-dealkylation sites (tertiary alicyclic amines) is 1. The van der Waals surface area contributed by atoms with Crippen LogP contribution in [0.15, 0.2) is 92.0 Å². The van der Waals surface area contributed by atoms with E-state index in [4.69, 9.17) is 10.5 Å². The van der Waals surface area contributed by atoms with Crippen molar-refractivity contribution in [3.63, 3.8) is 0 Å². The monoisotopic (exact) mass is 413 g/mol. The van der Waals surface area contributed by atoms with Crippen molar-refractivity contribution in [1.82, 2.24) is 9.88 Å². The summed E-state index contributed by atoms with van der Waals surface area (Å²) < 4.78 is 6.01. The highest BCUT2D eigenvalue weighted by Crippen LogP contribution is 2.25. The molecule has 1 unspecified atom stereocenters. The van der Waals surface area contributed by atoms with E-state index in [-0.39, 0.29) is 6.10 Å². The number of benzene rings is 2. The minimum Gasteiger partial charge on any atom is -0.487 e. The Morgan fingerprint density at radius 1 is 1.03 bits per heavy atom. The SMILES string of the molecule is C=C(Nc1ccccc1N)c1ccc(NC(=C)N2CCC(Oc3cccnc3)C2)cc1. The van der Waals surface area contributed by atoms with Crippen LogP contribution in [0.2, 0.25) is 0 Å². The summed E-state index contributed by atoms with van der Waals surface area (Å²) >= 11 is 0. The normalized spacial score (nSPS) is 15.4. The van der Waals surface area contributed by atoms with Gasteiger partial charge in [-0.15, -0.1) is 0 Å². The van der Waals surface area contributed by atoms with Crippen LogP contribution >= 0.6 is 0 Å². The summed E-state index contributed by atoms with van der Waals surface area (Å²) in [7, 11) is 0. The molecule has 6 nitrogen and oxygen atoms in total. The minimum atomic E-state index is 0.130. The Bertz CT molecular complexity index is 1050. The predicted octanol–water partition coefficient (Wildman–Crippen LogP) is 4.78. The lowest BCUT2D eigenvalue weighted by atomic mass is 10.1. The van der Waals surface area contributed by atoms with Gasteiger partial charge in [-0.25, -0.2) is 0 Å². The molecule has 0 amide bonds. The van der Waals surface area contributed by atoms with Crippen LogP contribution in [0.1, 0.15) is 12.0 Å². The van der Waals surface area contributed by atoms with Gasteiger partial charge in [0.15, 0.2) is 0 Å². The van der Waals surface area contributed by atoms with Crippen LogP contribution in [-0.4, -0.2) is 29.1 Å². The molecule has 1 aliphatic heterocycles. The molecule has 31 heavy (non-hydrogen) atoms. The van der Waals surface area contributed by atoms with Crippen molar-refractivity contribution in [2.24, 2.45) is 0 Å². The van der Waals surface area contributed by atoms with Crippen LogP contribution in [0, 0.1) is 0 Å². The molecule has 2 heterocycles. The van der Waals surface area contributed by atoms with Gasteiger partial charge in [0.25, 0.3) is 0 Å². The number of ether oxygens (including phenoxy) is 1. The van der Waals surface area contributed by atoms with E-state index in [1.807, 2.05) is 60.7 Å². The highest BCUT2D eigenvalue weighted by molar-refractivity contribution is 5.81. The number of nitrogens with two attached hydrogens (primary N) is 1. The summed E-state index contributed by atoms with van der Waals surface area (Å²) in [6, 6.07) is 19.5. The third kappa shape index (κ3) is 5.17. The Hall–Kier alpha value is -3.93. The van der Waals surface area contributed by atoms with E-state index in [2.05, 4.69) is 33.7 Å². The highest BCUT2D eigenvalue weighted by Gasteiger charge is 2.25. The molecule has 0 radical (unpaired) electrons. The number of rotatable bonds is 8. The van der Waals surface area contributed by atoms with Gasteiger partial charge in [-0.3, -0.25) is 4.98 Å². The summed E-state index contributed by atoms with van der Waals surface area (Å²) in [5.41, 5.74) is 10.3. The maximum Gasteiger partial charge on any atom is 0.138 e. The van der Waals surface area contributed by atoms with Crippen LogP contribution in [0.25, 0.3) is 5.70 Å². The fourth-order valence-electron chi connectivity index (χ4n) is 3.52. The molecule has 0 aliphatic carbocycles. The zero-order valence-electron chi connectivity index (χ0n) is 17.4. The van der Waals surface area contributed by atoms with E-state index in [0.717, 1.165) is 53.7 Å². The summed E-state index contributed by atoms with van der Waals surface area (Å²) in [5, 5.41) is 6.66. The maximum atomic E-state index is 6.01. The molecular formula is C25H27N5O. The van der Waals surface area contributed by atoms with Gasteiger partial charge in [-0.2, -0.15) is 0 Å². The quantitative estimate of drug-likeness (QED) is 0.461. The first kappa shape index (κ1) is 20.3. The number of pyridine rings is 1. The number of nitrogens with zero attached hydrogens (tertiary/aromatic N) is 2. The van der Waals surface area contributed by atoms with Gasteiger partial charge < -0.3 is 26.0 Å². The van der Waals surface area contributed by atoms with Crippen molar-refractivity contribution in [2.45, 2.75) is 12.5 Å². The van der Waals surface area contributed by atoms with Crippen LogP contribution in [0.3, 0.4) is 0 Å². The van der Waals surface area contributed by atoms with Gasteiger partial charge in [-0.05, 0) is 42.0 Å². The van der Waals surface area contributed by atoms with Crippen molar-refractivity contribution in [1.29, 1.82) is 0 Å². The predicted molar refractivity (Wildman–Crippen MR) is 128 cm³/mol.